The normalized spacial score (nSPS) is 11.8. The minimum Gasteiger partial charge on any atom is -0.352 e. The second kappa shape index (κ2) is 13.7. The minimum atomic E-state index is -0.608. The molecule has 1 N–H and O–H groups in total. The number of rotatable bonds is 11. The van der Waals surface area contributed by atoms with Crippen LogP contribution in [0, 0.1) is 13.8 Å². The van der Waals surface area contributed by atoms with Crippen molar-refractivity contribution in [2.75, 3.05) is 5.75 Å². The van der Waals surface area contributed by atoms with E-state index in [-0.39, 0.29) is 17.9 Å². The lowest BCUT2D eigenvalue weighted by molar-refractivity contribution is -0.139. The zero-order valence-electron chi connectivity index (χ0n) is 21.5. The van der Waals surface area contributed by atoms with Gasteiger partial charge in [-0.2, -0.15) is 0 Å². The summed E-state index contributed by atoms with van der Waals surface area (Å²) in [5.41, 5.74) is 5.66. The first-order valence-corrected chi connectivity index (χ1v) is 14.2. The van der Waals surface area contributed by atoms with E-state index in [4.69, 9.17) is 0 Å². The van der Waals surface area contributed by atoms with E-state index in [1.807, 2.05) is 68.4 Å². The Morgan fingerprint density at radius 1 is 0.889 bits per heavy atom. The molecule has 0 aromatic heterocycles. The van der Waals surface area contributed by atoms with Gasteiger partial charge in [-0.15, -0.1) is 11.8 Å². The SMILES string of the molecule is Cc1cc(C)cc(CSCC(=O)N(Cc2cccc(Br)c2)C(Cc2ccccc2)C(=O)NC(C)C)c1. The predicted octanol–water partition coefficient (Wildman–Crippen LogP) is 6.46. The number of carbonyl (C=O) groups excluding carboxylic acids is 2. The Balaban J connectivity index is 1.85. The lowest BCUT2D eigenvalue weighted by Gasteiger charge is -2.32. The molecule has 3 aromatic rings. The Hall–Kier alpha value is -2.57. The second-order valence-corrected chi connectivity index (χ2v) is 11.4. The molecule has 0 bridgehead atoms. The number of halogens is 1. The predicted molar refractivity (Wildman–Crippen MR) is 154 cm³/mol. The second-order valence-electron chi connectivity index (χ2n) is 9.51. The summed E-state index contributed by atoms with van der Waals surface area (Å²) >= 11 is 5.13. The highest BCUT2D eigenvalue weighted by atomic mass is 79.9. The van der Waals surface area contributed by atoms with Crippen LogP contribution in [0.3, 0.4) is 0 Å². The average Bonchev–Trinajstić information content (AvgIpc) is 2.81. The third kappa shape index (κ3) is 8.82. The minimum absolute atomic E-state index is 0.0162. The summed E-state index contributed by atoms with van der Waals surface area (Å²) in [5.74, 6) is 0.891. The number of carbonyl (C=O) groups is 2. The average molecular weight is 568 g/mol. The molecule has 0 radical (unpaired) electrons. The monoisotopic (exact) mass is 566 g/mol. The van der Waals surface area contributed by atoms with E-state index in [2.05, 4.69) is 53.3 Å². The van der Waals surface area contributed by atoms with Crippen LogP contribution in [0.15, 0.2) is 77.3 Å². The summed E-state index contributed by atoms with van der Waals surface area (Å²) in [6, 6.07) is 23.7. The van der Waals surface area contributed by atoms with E-state index in [9.17, 15) is 9.59 Å². The maximum atomic E-state index is 13.7. The van der Waals surface area contributed by atoms with Crippen molar-refractivity contribution >= 4 is 39.5 Å². The molecule has 36 heavy (non-hydrogen) atoms. The molecule has 0 aliphatic carbocycles. The lowest BCUT2D eigenvalue weighted by atomic mass is 10.0. The highest BCUT2D eigenvalue weighted by Crippen LogP contribution is 2.21. The molecular formula is C30H35BrN2O2S. The first-order chi connectivity index (χ1) is 17.2. The van der Waals surface area contributed by atoms with Crippen LogP contribution in [0.4, 0.5) is 0 Å². The largest absolute Gasteiger partial charge is 0.352 e. The van der Waals surface area contributed by atoms with E-state index in [1.54, 1.807) is 16.7 Å². The summed E-state index contributed by atoms with van der Waals surface area (Å²) in [6.45, 7) is 8.43. The zero-order chi connectivity index (χ0) is 26.1. The Morgan fingerprint density at radius 2 is 1.56 bits per heavy atom. The van der Waals surface area contributed by atoms with Crippen molar-refractivity contribution in [1.29, 1.82) is 0 Å². The van der Waals surface area contributed by atoms with Crippen molar-refractivity contribution < 1.29 is 9.59 Å². The summed E-state index contributed by atoms with van der Waals surface area (Å²) in [7, 11) is 0. The number of amides is 2. The molecule has 190 valence electrons. The third-order valence-corrected chi connectivity index (χ3v) is 7.20. The standard InChI is InChI=1S/C30H35BrN2O2S/c1-21(2)32-30(35)28(17-24-9-6-5-7-10-24)33(18-25-11-8-12-27(31)16-25)29(34)20-36-19-26-14-22(3)13-23(4)15-26/h5-16,21,28H,17-20H2,1-4H3,(H,32,35). The molecule has 1 atom stereocenters. The van der Waals surface area contributed by atoms with Crippen molar-refractivity contribution in [3.8, 4) is 0 Å². The summed E-state index contributed by atoms with van der Waals surface area (Å²) in [4.78, 5) is 28.9. The lowest BCUT2D eigenvalue weighted by Crippen LogP contribution is -2.52. The Labute approximate surface area is 228 Å². The molecule has 0 aliphatic heterocycles. The van der Waals surface area contributed by atoms with Crippen molar-refractivity contribution in [3.05, 3.63) is 105 Å². The fourth-order valence-corrected chi connectivity index (χ4v) is 5.55. The number of aryl methyl sites for hydroxylation is 2. The number of benzene rings is 3. The molecule has 0 spiro atoms. The van der Waals surface area contributed by atoms with Gasteiger partial charge in [0.05, 0.1) is 5.75 Å². The third-order valence-electron chi connectivity index (χ3n) is 5.72. The molecule has 3 aromatic carbocycles. The quantitative estimate of drug-likeness (QED) is 0.289. The molecule has 0 saturated carbocycles. The van der Waals surface area contributed by atoms with Gasteiger partial charge in [0, 0.05) is 29.2 Å². The van der Waals surface area contributed by atoms with Crippen molar-refractivity contribution in [2.45, 2.75) is 58.5 Å². The van der Waals surface area contributed by atoms with Crippen LogP contribution in [0.25, 0.3) is 0 Å². The summed E-state index contributed by atoms with van der Waals surface area (Å²) in [5, 5.41) is 3.04. The van der Waals surface area contributed by atoms with Crippen molar-refractivity contribution in [2.24, 2.45) is 0 Å². The van der Waals surface area contributed by atoms with Crippen LogP contribution in [0.5, 0.6) is 0 Å². The van der Waals surface area contributed by atoms with Gasteiger partial charge < -0.3 is 10.2 Å². The van der Waals surface area contributed by atoms with Crippen molar-refractivity contribution in [3.63, 3.8) is 0 Å². The molecule has 0 saturated heterocycles. The van der Waals surface area contributed by atoms with Crippen LogP contribution in [-0.2, 0) is 28.3 Å². The number of nitrogens with one attached hydrogen (secondary N) is 1. The van der Waals surface area contributed by atoms with Crippen LogP contribution in [-0.4, -0.2) is 34.6 Å². The van der Waals surface area contributed by atoms with Gasteiger partial charge in [-0.05, 0) is 56.5 Å². The van der Waals surface area contributed by atoms with E-state index in [0.717, 1.165) is 21.4 Å². The molecule has 1 unspecified atom stereocenters. The topological polar surface area (TPSA) is 49.4 Å². The molecule has 0 heterocycles. The van der Waals surface area contributed by atoms with Crippen LogP contribution >= 0.6 is 27.7 Å². The Bertz CT molecular complexity index is 1150. The number of thioether (sulfide) groups is 1. The van der Waals surface area contributed by atoms with Gasteiger partial charge >= 0.3 is 0 Å². The van der Waals surface area contributed by atoms with Gasteiger partial charge in [0.1, 0.15) is 6.04 Å². The smallest absolute Gasteiger partial charge is 0.243 e. The number of hydrogen-bond donors (Lipinski definition) is 1. The molecule has 0 fully saturated rings. The van der Waals surface area contributed by atoms with Crippen molar-refractivity contribution in [1.82, 2.24) is 10.2 Å². The fraction of sp³-hybridized carbons (Fsp3) is 0.333. The van der Waals surface area contributed by atoms with E-state index in [0.29, 0.717) is 18.7 Å². The van der Waals surface area contributed by atoms with Gasteiger partial charge in [0.15, 0.2) is 0 Å². The van der Waals surface area contributed by atoms with Crippen LogP contribution in [0.2, 0.25) is 0 Å². The zero-order valence-corrected chi connectivity index (χ0v) is 23.9. The first-order valence-electron chi connectivity index (χ1n) is 12.2. The molecule has 4 nitrogen and oxygen atoms in total. The summed E-state index contributed by atoms with van der Waals surface area (Å²) < 4.78 is 0.947. The van der Waals surface area contributed by atoms with Gasteiger partial charge in [0.25, 0.3) is 0 Å². The maximum Gasteiger partial charge on any atom is 0.243 e. The fourth-order valence-electron chi connectivity index (χ4n) is 4.26. The van der Waals surface area contributed by atoms with E-state index < -0.39 is 6.04 Å². The summed E-state index contributed by atoms with van der Waals surface area (Å²) in [6.07, 6.45) is 0.459. The van der Waals surface area contributed by atoms with Gasteiger partial charge in [-0.3, -0.25) is 9.59 Å². The van der Waals surface area contributed by atoms with Crippen LogP contribution in [0.1, 0.15) is 41.7 Å². The molecule has 6 heteroatoms. The van der Waals surface area contributed by atoms with Gasteiger partial charge in [0.2, 0.25) is 11.8 Å². The van der Waals surface area contributed by atoms with Gasteiger partial charge in [-0.1, -0.05) is 87.7 Å². The molecule has 2 amide bonds. The highest BCUT2D eigenvalue weighted by molar-refractivity contribution is 9.10. The Morgan fingerprint density at radius 3 is 2.19 bits per heavy atom. The highest BCUT2D eigenvalue weighted by Gasteiger charge is 2.30. The number of nitrogens with zero attached hydrogens (tertiary/aromatic N) is 1. The Kier molecular flexibility index (Phi) is 10.6. The first kappa shape index (κ1) is 28.0. The molecular weight excluding hydrogens is 532 g/mol. The number of hydrogen-bond acceptors (Lipinski definition) is 3. The van der Waals surface area contributed by atoms with Crippen LogP contribution < -0.4 is 5.32 Å². The molecule has 0 aliphatic rings. The maximum absolute atomic E-state index is 13.7. The van der Waals surface area contributed by atoms with E-state index >= 15 is 0 Å². The molecule has 3 rings (SSSR count). The van der Waals surface area contributed by atoms with E-state index in [1.165, 1.54) is 16.7 Å². The van der Waals surface area contributed by atoms with Gasteiger partial charge in [-0.25, -0.2) is 0 Å².